The summed E-state index contributed by atoms with van der Waals surface area (Å²) in [5.41, 5.74) is 3.44. The highest BCUT2D eigenvalue weighted by Crippen LogP contribution is 2.40. The van der Waals surface area contributed by atoms with E-state index in [0.29, 0.717) is 5.56 Å². The molecule has 1 fully saturated rings. The maximum Gasteiger partial charge on any atom is 0.251 e. The van der Waals surface area contributed by atoms with Crippen molar-refractivity contribution in [2.45, 2.75) is 37.5 Å². The Labute approximate surface area is 174 Å². The Morgan fingerprint density at radius 1 is 1.03 bits per heavy atom. The number of hydrogen-bond acceptors (Lipinski definition) is 2. The molecule has 154 valence electrons. The molecule has 0 spiro atoms. The summed E-state index contributed by atoms with van der Waals surface area (Å²) in [6.07, 6.45) is 5.82. The fraction of sp³-hybridized carbons (Fsp3) is 0.417. The summed E-state index contributed by atoms with van der Waals surface area (Å²) in [5.74, 6) is 0.773. The molecule has 1 amide bonds. The SMILES string of the molecule is CN=C(NCCc1cccc(C(=O)NC)c1)NCC1(c2ccccc2)CCCC1. The minimum atomic E-state index is -0.0555. The molecule has 0 unspecified atom stereocenters. The van der Waals surface area contributed by atoms with Gasteiger partial charge in [-0.2, -0.15) is 0 Å². The highest BCUT2D eigenvalue weighted by atomic mass is 16.1. The molecule has 1 saturated carbocycles. The van der Waals surface area contributed by atoms with Crippen molar-refractivity contribution < 1.29 is 4.79 Å². The van der Waals surface area contributed by atoms with Crippen molar-refractivity contribution in [3.63, 3.8) is 0 Å². The lowest BCUT2D eigenvalue weighted by Crippen LogP contribution is -2.45. The first-order valence-electron chi connectivity index (χ1n) is 10.5. The molecular formula is C24H32N4O. The molecule has 1 aliphatic carbocycles. The number of carbonyl (C=O) groups is 1. The van der Waals surface area contributed by atoms with Gasteiger partial charge in [0, 0.05) is 38.2 Å². The average molecular weight is 393 g/mol. The zero-order valence-corrected chi connectivity index (χ0v) is 17.5. The molecule has 2 aromatic carbocycles. The predicted molar refractivity (Wildman–Crippen MR) is 119 cm³/mol. The first-order valence-corrected chi connectivity index (χ1v) is 10.5. The second-order valence-corrected chi connectivity index (χ2v) is 7.74. The third kappa shape index (κ3) is 5.37. The smallest absolute Gasteiger partial charge is 0.251 e. The molecule has 5 nitrogen and oxygen atoms in total. The summed E-state index contributed by atoms with van der Waals surface area (Å²) in [4.78, 5) is 16.2. The van der Waals surface area contributed by atoms with E-state index in [9.17, 15) is 4.79 Å². The lowest BCUT2D eigenvalue weighted by atomic mass is 9.79. The molecule has 3 rings (SSSR count). The van der Waals surface area contributed by atoms with E-state index in [1.54, 1.807) is 7.05 Å². The molecule has 0 saturated heterocycles. The Hall–Kier alpha value is -2.82. The fourth-order valence-corrected chi connectivity index (χ4v) is 4.22. The van der Waals surface area contributed by atoms with Crippen molar-refractivity contribution >= 4 is 11.9 Å². The van der Waals surface area contributed by atoms with Crippen LogP contribution in [0.15, 0.2) is 59.6 Å². The second-order valence-electron chi connectivity index (χ2n) is 7.74. The van der Waals surface area contributed by atoms with Crippen molar-refractivity contribution in [2.24, 2.45) is 4.99 Å². The molecule has 0 aromatic heterocycles. The molecule has 29 heavy (non-hydrogen) atoms. The zero-order valence-electron chi connectivity index (χ0n) is 17.5. The number of aliphatic imine (C=N–C) groups is 1. The number of amides is 1. The van der Waals surface area contributed by atoms with Gasteiger partial charge >= 0.3 is 0 Å². The average Bonchev–Trinajstić information content (AvgIpc) is 3.26. The molecule has 0 aliphatic heterocycles. The molecule has 0 bridgehead atoms. The normalized spacial score (nSPS) is 15.7. The second kappa shape index (κ2) is 10.1. The van der Waals surface area contributed by atoms with Crippen molar-refractivity contribution in [2.75, 3.05) is 27.2 Å². The van der Waals surface area contributed by atoms with E-state index in [1.165, 1.54) is 31.2 Å². The summed E-state index contributed by atoms with van der Waals surface area (Å²) >= 11 is 0. The Morgan fingerprint density at radius 2 is 1.79 bits per heavy atom. The molecule has 1 aliphatic rings. The van der Waals surface area contributed by atoms with Gasteiger partial charge in [-0.25, -0.2) is 0 Å². The molecule has 0 heterocycles. The third-order valence-electron chi connectivity index (χ3n) is 5.89. The molecule has 2 aromatic rings. The first kappa shape index (κ1) is 20.9. The van der Waals surface area contributed by atoms with Crippen LogP contribution in [0.1, 0.15) is 47.2 Å². The zero-order chi connectivity index (χ0) is 20.5. The largest absolute Gasteiger partial charge is 0.356 e. The van der Waals surface area contributed by atoms with Crippen LogP contribution < -0.4 is 16.0 Å². The third-order valence-corrected chi connectivity index (χ3v) is 5.89. The van der Waals surface area contributed by atoms with E-state index in [4.69, 9.17) is 0 Å². The van der Waals surface area contributed by atoms with Gasteiger partial charge in [0.25, 0.3) is 5.91 Å². The summed E-state index contributed by atoms with van der Waals surface area (Å²) in [6, 6.07) is 18.6. The van der Waals surface area contributed by atoms with Crippen LogP contribution in [-0.2, 0) is 11.8 Å². The quantitative estimate of drug-likeness (QED) is 0.501. The van der Waals surface area contributed by atoms with Gasteiger partial charge in [-0.15, -0.1) is 0 Å². The standard InChI is InChI=1S/C24H32N4O/c1-25-22(29)20-10-8-9-19(17-20)13-16-27-23(26-2)28-18-24(14-6-7-15-24)21-11-4-3-5-12-21/h3-5,8-12,17H,6-7,13-16,18H2,1-2H3,(H,25,29)(H2,26,27,28). The number of guanidine groups is 1. The van der Waals surface area contributed by atoms with Crippen molar-refractivity contribution in [1.29, 1.82) is 0 Å². The maximum absolute atomic E-state index is 11.8. The Morgan fingerprint density at radius 3 is 2.48 bits per heavy atom. The van der Waals surface area contributed by atoms with Gasteiger partial charge in [0.05, 0.1) is 0 Å². The van der Waals surface area contributed by atoms with Crippen molar-refractivity contribution in [1.82, 2.24) is 16.0 Å². The minimum Gasteiger partial charge on any atom is -0.356 e. The van der Waals surface area contributed by atoms with E-state index < -0.39 is 0 Å². The Kier molecular flexibility index (Phi) is 7.28. The van der Waals surface area contributed by atoms with E-state index in [-0.39, 0.29) is 11.3 Å². The predicted octanol–water partition coefficient (Wildman–Crippen LogP) is 3.27. The number of rotatable bonds is 7. The molecule has 0 radical (unpaired) electrons. The highest BCUT2D eigenvalue weighted by molar-refractivity contribution is 5.94. The van der Waals surface area contributed by atoms with E-state index in [1.807, 2.05) is 31.3 Å². The molecule has 5 heteroatoms. The van der Waals surface area contributed by atoms with Crippen LogP contribution in [0.2, 0.25) is 0 Å². The van der Waals surface area contributed by atoms with Gasteiger partial charge in [0.1, 0.15) is 0 Å². The monoisotopic (exact) mass is 392 g/mol. The van der Waals surface area contributed by atoms with E-state index in [0.717, 1.165) is 31.0 Å². The van der Waals surface area contributed by atoms with Crippen LogP contribution in [0.25, 0.3) is 0 Å². The van der Waals surface area contributed by atoms with Crippen LogP contribution in [0.3, 0.4) is 0 Å². The molecular weight excluding hydrogens is 360 g/mol. The Balaban J connectivity index is 1.54. The number of nitrogens with one attached hydrogen (secondary N) is 3. The summed E-state index contributed by atoms with van der Waals surface area (Å²) in [5, 5.41) is 9.63. The van der Waals surface area contributed by atoms with Gasteiger partial charge < -0.3 is 16.0 Å². The number of hydrogen-bond donors (Lipinski definition) is 3. The number of benzene rings is 2. The van der Waals surface area contributed by atoms with Crippen LogP contribution in [0.4, 0.5) is 0 Å². The van der Waals surface area contributed by atoms with Gasteiger partial charge in [0.2, 0.25) is 0 Å². The minimum absolute atomic E-state index is 0.0555. The highest BCUT2D eigenvalue weighted by Gasteiger charge is 2.35. The van der Waals surface area contributed by atoms with Crippen LogP contribution in [0.5, 0.6) is 0 Å². The van der Waals surface area contributed by atoms with Gasteiger partial charge in [-0.05, 0) is 42.5 Å². The fourth-order valence-electron chi connectivity index (χ4n) is 4.22. The van der Waals surface area contributed by atoms with Crippen molar-refractivity contribution in [3.05, 3.63) is 71.3 Å². The molecule has 3 N–H and O–H groups in total. The van der Waals surface area contributed by atoms with E-state index >= 15 is 0 Å². The lowest BCUT2D eigenvalue weighted by molar-refractivity contribution is 0.0963. The van der Waals surface area contributed by atoms with Gasteiger partial charge in [-0.3, -0.25) is 9.79 Å². The van der Waals surface area contributed by atoms with Gasteiger partial charge in [0.15, 0.2) is 5.96 Å². The summed E-state index contributed by atoms with van der Waals surface area (Å²) in [6.45, 7) is 1.65. The van der Waals surface area contributed by atoms with Crippen LogP contribution in [0, 0.1) is 0 Å². The summed E-state index contributed by atoms with van der Waals surface area (Å²) < 4.78 is 0. The first-order chi connectivity index (χ1) is 14.2. The van der Waals surface area contributed by atoms with E-state index in [2.05, 4.69) is 51.3 Å². The topological polar surface area (TPSA) is 65.5 Å². The van der Waals surface area contributed by atoms with Crippen LogP contribution in [-0.4, -0.2) is 39.1 Å². The lowest BCUT2D eigenvalue weighted by Gasteiger charge is -2.30. The van der Waals surface area contributed by atoms with Crippen molar-refractivity contribution in [3.8, 4) is 0 Å². The summed E-state index contributed by atoms with van der Waals surface area (Å²) in [7, 11) is 3.46. The van der Waals surface area contributed by atoms with Crippen LogP contribution >= 0.6 is 0 Å². The molecule has 0 atom stereocenters. The number of carbonyl (C=O) groups excluding carboxylic acids is 1. The Bertz CT molecular complexity index is 826. The van der Waals surface area contributed by atoms with Gasteiger partial charge in [-0.1, -0.05) is 55.3 Å². The maximum atomic E-state index is 11.8. The number of nitrogens with zero attached hydrogens (tertiary/aromatic N) is 1.